The van der Waals surface area contributed by atoms with Crippen LogP contribution in [0.25, 0.3) is 0 Å². The van der Waals surface area contributed by atoms with Gasteiger partial charge < -0.3 is 20.8 Å². The van der Waals surface area contributed by atoms with E-state index in [1.54, 1.807) is 13.8 Å². The molecular formula is C13H18N2O4. The molecule has 0 saturated carbocycles. The summed E-state index contributed by atoms with van der Waals surface area (Å²) in [5, 5.41) is 24.0. The number of carbonyl (C=O) groups is 2. The van der Waals surface area contributed by atoms with Gasteiger partial charge in [-0.3, -0.25) is 4.79 Å². The van der Waals surface area contributed by atoms with E-state index in [1.165, 1.54) is 18.2 Å². The van der Waals surface area contributed by atoms with Gasteiger partial charge in [-0.1, -0.05) is 6.92 Å². The Morgan fingerprint density at radius 3 is 2.42 bits per heavy atom. The molecule has 0 spiro atoms. The molecule has 19 heavy (non-hydrogen) atoms. The Labute approximate surface area is 111 Å². The van der Waals surface area contributed by atoms with Crippen LogP contribution in [0.1, 0.15) is 31.1 Å². The highest BCUT2D eigenvalue weighted by Gasteiger charge is 2.26. The number of likely N-dealkylation sites (N-methyl/N-ethyl adjacent to an activating group) is 1. The van der Waals surface area contributed by atoms with Gasteiger partial charge in [0.2, 0.25) is 5.91 Å². The second kappa shape index (κ2) is 5.71. The number of aromatic carboxylic acids is 1. The van der Waals surface area contributed by atoms with E-state index in [0.717, 1.165) is 0 Å². The van der Waals surface area contributed by atoms with Crippen molar-refractivity contribution >= 4 is 17.6 Å². The van der Waals surface area contributed by atoms with Crippen molar-refractivity contribution < 1.29 is 19.8 Å². The van der Waals surface area contributed by atoms with Gasteiger partial charge in [-0.15, -0.1) is 0 Å². The Kier molecular flexibility index (Phi) is 4.50. The minimum absolute atomic E-state index is 0.205. The lowest BCUT2D eigenvalue weighted by molar-refractivity contribution is -0.121. The van der Waals surface area contributed by atoms with Crippen LogP contribution in [0.5, 0.6) is 5.75 Å². The van der Waals surface area contributed by atoms with E-state index < -0.39 is 11.5 Å². The summed E-state index contributed by atoms with van der Waals surface area (Å²) < 4.78 is 0. The quantitative estimate of drug-likeness (QED) is 0.646. The fourth-order valence-corrected chi connectivity index (χ4v) is 1.60. The van der Waals surface area contributed by atoms with Crippen molar-refractivity contribution in [1.82, 2.24) is 5.32 Å². The molecule has 0 bridgehead atoms. The van der Waals surface area contributed by atoms with E-state index in [1.807, 2.05) is 6.92 Å². The number of phenols is 1. The molecule has 0 unspecified atom stereocenters. The SMILES string of the molecule is CCNC(C)(C)C(=O)Nc1ccc(C(=O)O)c(O)c1. The van der Waals surface area contributed by atoms with Crippen molar-refractivity contribution in [3.63, 3.8) is 0 Å². The average Bonchev–Trinajstić information content (AvgIpc) is 2.28. The van der Waals surface area contributed by atoms with Gasteiger partial charge in [-0.05, 0) is 32.5 Å². The minimum atomic E-state index is -1.22. The Hall–Kier alpha value is -2.08. The van der Waals surface area contributed by atoms with Crippen molar-refractivity contribution in [2.45, 2.75) is 26.3 Å². The number of anilines is 1. The van der Waals surface area contributed by atoms with Gasteiger partial charge in [0.05, 0.1) is 5.54 Å². The number of benzene rings is 1. The van der Waals surface area contributed by atoms with Gasteiger partial charge in [0.1, 0.15) is 11.3 Å². The number of hydrogen-bond acceptors (Lipinski definition) is 4. The lowest BCUT2D eigenvalue weighted by Gasteiger charge is -2.24. The molecule has 0 saturated heterocycles. The van der Waals surface area contributed by atoms with Crippen molar-refractivity contribution in [2.24, 2.45) is 0 Å². The van der Waals surface area contributed by atoms with Crippen LogP contribution >= 0.6 is 0 Å². The summed E-state index contributed by atoms with van der Waals surface area (Å²) >= 11 is 0. The number of carboxylic acid groups (broad SMARTS) is 1. The van der Waals surface area contributed by atoms with Crippen molar-refractivity contribution in [1.29, 1.82) is 0 Å². The first-order chi connectivity index (χ1) is 8.77. The van der Waals surface area contributed by atoms with Crippen LogP contribution < -0.4 is 10.6 Å². The van der Waals surface area contributed by atoms with E-state index in [9.17, 15) is 14.7 Å². The molecule has 1 amide bonds. The first kappa shape index (κ1) is 15.0. The van der Waals surface area contributed by atoms with Gasteiger partial charge >= 0.3 is 5.97 Å². The summed E-state index contributed by atoms with van der Waals surface area (Å²) in [5.41, 5.74) is -0.613. The van der Waals surface area contributed by atoms with E-state index in [0.29, 0.717) is 12.2 Å². The number of rotatable bonds is 5. The van der Waals surface area contributed by atoms with Gasteiger partial charge in [0.15, 0.2) is 0 Å². The molecule has 1 aromatic carbocycles. The third-order valence-electron chi connectivity index (χ3n) is 2.67. The summed E-state index contributed by atoms with van der Waals surface area (Å²) in [5.74, 6) is -1.87. The maximum absolute atomic E-state index is 12.0. The molecule has 0 aliphatic carbocycles. The predicted octanol–water partition coefficient (Wildman–Crippen LogP) is 1.42. The molecule has 0 aliphatic heterocycles. The molecule has 0 fully saturated rings. The van der Waals surface area contributed by atoms with E-state index >= 15 is 0 Å². The molecule has 4 N–H and O–H groups in total. The molecule has 0 atom stereocenters. The van der Waals surface area contributed by atoms with Gasteiger partial charge in [0, 0.05) is 11.8 Å². The zero-order chi connectivity index (χ0) is 14.6. The summed E-state index contributed by atoms with van der Waals surface area (Å²) in [6.07, 6.45) is 0. The highest BCUT2D eigenvalue weighted by molar-refractivity contribution is 5.98. The zero-order valence-corrected chi connectivity index (χ0v) is 11.2. The van der Waals surface area contributed by atoms with E-state index in [2.05, 4.69) is 10.6 Å². The molecular weight excluding hydrogens is 248 g/mol. The van der Waals surface area contributed by atoms with Crippen LogP contribution in [0.15, 0.2) is 18.2 Å². The third kappa shape index (κ3) is 3.69. The normalized spacial score (nSPS) is 11.1. The van der Waals surface area contributed by atoms with Crippen LogP contribution in [0.3, 0.4) is 0 Å². The Morgan fingerprint density at radius 1 is 1.32 bits per heavy atom. The number of aromatic hydroxyl groups is 1. The molecule has 0 radical (unpaired) electrons. The maximum atomic E-state index is 12.0. The molecule has 1 rings (SSSR count). The average molecular weight is 266 g/mol. The summed E-state index contributed by atoms with van der Waals surface area (Å²) in [6, 6.07) is 3.89. The zero-order valence-electron chi connectivity index (χ0n) is 11.2. The first-order valence-electron chi connectivity index (χ1n) is 5.90. The molecule has 0 heterocycles. The fraction of sp³-hybridized carbons (Fsp3) is 0.385. The summed E-state index contributed by atoms with van der Waals surface area (Å²) in [7, 11) is 0. The number of carbonyl (C=O) groups excluding carboxylic acids is 1. The lowest BCUT2D eigenvalue weighted by atomic mass is 10.0. The van der Waals surface area contributed by atoms with Crippen molar-refractivity contribution in [3.8, 4) is 5.75 Å². The Balaban J connectivity index is 2.87. The van der Waals surface area contributed by atoms with Gasteiger partial charge in [0.25, 0.3) is 0 Å². The second-order valence-electron chi connectivity index (χ2n) is 4.65. The molecule has 0 aliphatic rings. The predicted molar refractivity (Wildman–Crippen MR) is 71.5 cm³/mol. The van der Waals surface area contributed by atoms with Crippen LogP contribution in [0.4, 0.5) is 5.69 Å². The molecule has 1 aromatic rings. The standard InChI is InChI=1S/C13H18N2O4/c1-4-14-13(2,3)12(19)15-8-5-6-9(11(17)18)10(16)7-8/h5-7,14,16H,4H2,1-3H3,(H,15,19)(H,17,18). The molecule has 0 aromatic heterocycles. The highest BCUT2D eigenvalue weighted by Crippen LogP contribution is 2.22. The minimum Gasteiger partial charge on any atom is -0.507 e. The Morgan fingerprint density at radius 2 is 1.95 bits per heavy atom. The first-order valence-corrected chi connectivity index (χ1v) is 5.90. The number of carboxylic acids is 1. The fourth-order valence-electron chi connectivity index (χ4n) is 1.60. The third-order valence-corrected chi connectivity index (χ3v) is 2.67. The van der Waals surface area contributed by atoms with Crippen LogP contribution in [-0.2, 0) is 4.79 Å². The van der Waals surface area contributed by atoms with Crippen LogP contribution in [-0.4, -0.2) is 34.2 Å². The van der Waals surface area contributed by atoms with Gasteiger partial charge in [-0.25, -0.2) is 4.79 Å². The summed E-state index contributed by atoms with van der Waals surface area (Å²) in [6.45, 7) is 6.00. The number of nitrogens with one attached hydrogen (secondary N) is 2. The Bertz CT molecular complexity index is 497. The van der Waals surface area contributed by atoms with Crippen molar-refractivity contribution in [2.75, 3.05) is 11.9 Å². The van der Waals surface area contributed by atoms with Gasteiger partial charge in [-0.2, -0.15) is 0 Å². The van der Waals surface area contributed by atoms with Crippen molar-refractivity contribution in [3.05, 3.63) is 23.8 Å². The van der Waals surface area contributed by atoms with Crippen LogP contribution in [0.2, 0.25) is 0 Å². The van der Waals surface area contributed by atoms with E-state index in [4.69, 9.17) is 5.11 Å². The van der Waals surface area contributed by atoms with E-state index in [-0.39, 0.29) is 17.2 Å². The monoisotopic (exact) mass is 266 g/mol. The molecule has 104 valence electrons. The topological polar surface area (TPSA) is 98.7 Å². The maximum Gasteiger partial charge on any atom is 0.339 e. The summed E-state index contributed by atoms with van der Waals surface area (Å²) in [4.78, 5) is 22.7. The number of hydrogen-bond donors (Lipinski definition) is 4. The lowest BCUT2D eigenvalue weighted by Crippen LogP contribution is -2.49. The molecule has 6 heteroatoms. The van der Waals surface area contributed by atoms with Crippen LogP contribution in [0, 0.1) is 0 Å². The largest absolute Gasteiger partial charge is 0.507 e. The molecule has 6 nitrogen and oxygen atoms in total. The second-order valence-corrected chi connectivity index (χ2v) is 4.65. The number of amides is 1. The highest BCUT2D eigenvalue weighted by atomic mass is 16.4. The smallest absolute Gasteiger partial charge is 0.339 e.